The molecule has 0 aliphatic heterocycles. The molecule has 0 radical (unpaired) electrons. The van der Waals surface area contributed by atoms with E-state index in [4.69, 9.17) is 26.7 Å². The van der Waals surface area contributed by atoms with Crippen LogP contribution in [0, 0.1) is 6.92 Å². The number of benzene rings is 2. The van der Waals surface area contributed by atoms with Crippen LogP contribution in [0.1, 0.15) is 29.7 Å². The van der Waals surface area contributed by atoms with Gasteiger partial charge >= 0.3 is 0 Å². The molecule has 2 aromatic carbocycles. The molecule has 140 valence electrons. The standard InChI is InChI=1S/C22H20ClN5/c1-14-6-8-15(9-7-14)20-26-22-25-19-5-3-2-4-18(19)21(28(22)27-20)24-17-12-10-16(23)11-13-17/h6-13,24H,2-5H2,1H3. The van der Waals surface area contributed by atoms with Crippen molar-refractivity contribution in [3.8, 4) is 11.4 Å². The molecule has 5 rings (SSSR count). The van der Waals surface area contributed by atoms with E-state index in [1.54, 1.807) is 0 Å². The summed E-state index contributed by atoms with van der Waals surface area (Å²) in [7, 11) is 0. The SMILES string of the molecule is Cc1ccc(-c2nc3nc4c(c(Nc5ccc(Cl)cc5)n3n2)CCCC4)cc1. The molecule has 0 unspecified atom stereocenters. The van der Waals surface area contributed by atoms with Gasteiger partial charge in [0.2, 0.25) is 0 Å². The fraction of sp³-hybridized carbons (Fsp3) is 0.227. The summed E-state index contributed by atoms with van der Waals surface area (Å²) in [4.78, 5) is 9.54. The number of aromatic nitrogens is 4. The number of nitrogens with zero attached hydrogens (tertiary/aromatic N) is 4. The summed E-state index contributed by atoms with van der Waals surface area (Å²) in [6, 6.07) is 16.0. The third kappa shape index (κ3) is 3.12. The van der Waals surface area contributed by atoms with Crippen LogP contribution in [0.4, 0.5) is 11.5 Å². The average Bonchev–Trinajstić information content (AvgIpc) is 3.14. The summed E-state index contributed by atoms with van der Waals surface area (Å²) in [6.45, 7) is 2.07. The molecule has 4 aromatic rings. The second-order valence-electron chi connectivity index (χ2n) is 7.24. The minimum Gasteiger partial charge on any atom is -0.340 e. The second kappa shape index (κ2) is 6.91. The van der Waals surface area contributed by atoms with Gasteiger partial charge in [0.15, 0.2) is 5.82 Å². The Bertz CT molecular complexity index is 1150. The molecule has 1 N–H and O–H groups in total. The van der Waals surface area contributed by atoms with Crippen molar-refractivity contribution in [3.05, 3.63) is 70.4 Å². The Balaban J connectivity index is 1.66. The van der Waals surface area contributed by atoms with Crippen molar-refractivity contribution >= 4 is 28.9 Å². The quantitative estimate of drug-likeness (QED) is 0.511. The smallest absolute Gasteiger partial charge is 0.254 e. The first-order valence-corrected chi connectivity index (χ1v) is 9.93. The van der Waals surface area contributed by atoms with Crippen molar-refractivity contribution in [2.45, 2.75) is 32.6 Å². The molecule has 0 saturated heterocycles. The van der Waals surface area contributed by atoms with E-state index in [1.165, 1.54) is 11.1 Å². The average molecular weight is 390 g/mol. The van der Waals surface area contributed by atoms with Gasteiger partial charge in [-0.25, -0.2) is 4.98 Å². The molecule has 1 aliphatic rings. The molecule has 0 bridgehead atoms. The van der Waals surface area contributed by atoms with Crippen LogP contribution < -0.4 is 5.32 Å². The van der Waals surface area contributed by atoms with Gasteiger partial charge in [0.1, 0.15) is 5.82 Å². The van der Waals surface area contributed by atoms with Gasteiger partial charge in [0, 0.05) is 21.8 Å². The lowest BCUT2D eigenvalue weighted by Gasteiger charge is -2.19. The van der Waals surface area contributed by atoms with Crippen molar-refractivity contribution in [3.63, 3.8) is 0 Å². The minimum atomic E-state index is 0.632. The third-order valence-corrected chi connectivity index (χ3v) is 5.43. The molecule has 5 nitrogen and oxygen atoms in total. The molecule has 6 heteroatoms. The Kier molecular flexibility index (Phi) is 4.24. The van der Waals surface area contributed by atoms with Crippen molar-refractivity contribution in [2.75, 3.05) is 5.32 Å². The number of fused-ring (bicyclic) bond motifs is 2. The van der Waals surface area contributed by atoms with Gasteiger partial charge < -0.3 is 5.32 Å². The van der Waals surface area contributed by atoms with Crippen LogP contribution in [0.25, 0.3) is 17.2 Å². The molecular weight excluding hydrogens is 370 g/mol. The summed E-state index contributed by atoms with van der Waals surface area (Å²) < 4.78 is 1.84. The molecule has 0 fully saturated rings. The highest BCUT2D eigenvalue weighted by Crippen LogP contribution is 2.31. The van der Waals surface area contributed by atoms with E-state index in [9.17, 15) is 0 Å². The Morgan fingerprint density at radius 1 is 0.929 bits per heavy atom. The molecular formula is C22H20ClN5. The highest BCUT2D eigenvalue weighted by molar-refractivity contribution is 6.30. The van der Waals surface area contributed by atoms with Crippen LogP contribution >= 0.6 is 11.6 Å². The van der Waals surface area contributed by atoms with E-state index in [0.717, 1.165) is 53.5 Å². The van der Waals surface area contributed by atoms with Crippen molar-refractivity contribution < 1.29 is 0 Å². The zero-order valence-electron chi connectivity index (χ0n) is 15.6. The topological polar surface area (TPSA) is 55.1 Å². The lowest BCUT2D eigenvalue weighted by molar-refractivity contribution is 0.662. The van der Waals surface area contributed by atoms with Gasteiger partial charge in [-0.05, 0) is 56.9 Å². The van der Waals surface area contributed by atoms with E-state index in [2.05, 4.69) is 36.5 Å². The van der Waals surface area contributed by atoms with Crippen molar-refractivity contribution in [1.29, 1.82) is 0 Å². The zero-order valence-corrected chi connectivity index (χ0v) is 16.4. The van der Waals surface area contributed by atoms with E-state index < -0.39 is 0 Å². The first-order valence-electron chi connectivity index (χ1n) is 9.55. The first kappa shape index (κ1) is 17.2. The molecule has 2 heterocycles. The number of rotatable bonds is 3. The maximum atomic E-state index is 6.04. The van der Waals surface area contributed by atoms with Crippen LogP contribution in [0.3, 0.4) is 0 Å². The van der Waals surface area contributed by atoms with E-state index in [0.29, 0.717) is 11.6 Å². The molecule has 28 heavy (non-hydrogen) atoms. The minimum absolute atomic E-state index is 0.632. The largest absolute Gasteiger partial charge is 0.340 e. The van der Waals surface area contributed by atoms with Crippen LogP contribution in [0.2, 0.25) is 5.02 Å². The predicted octanol–water partition coefficient (Wildman–Crippen LogP) is 5.38. The lowest BCUT2D eigenvalue weighted by Crippen LogP contribution is -2.13. The number of anilines is 2. The van der Waals surface area contributed by atoms with Crippen molar-refractivity contribution in [1.82, 2.24) is 19.6 Å². The van der Waals surface area contributed by atoms with Gasteiger partial charge in [-0.2, -0.15) is 9.50 Å². The number of hydrogen-bond acceptors (Lipinski definition) is 4. The summed E-state index contributed by atoms with van der Waals surface area (Å²) in [5.74, 6) is 2.27. The third-order valence-electron chi connectivity index (χ3n) is 5.18. The number of halogens is 1. The summed E-state index contributed by atoms with van der Waals surface area (Å²) >= 11 is 6.04. The fourth-order valence-electron chi connectivity index (χ4n) is 3.67. The second-order valence-corrected chi connectivity index (χ2v) is 7.67. The molecule has 0 spiro atoms. The molecule has 0 atom stereocenters. The number of hydrogen-bond donors (Lipinski definition) is 1. The van der Waals surface area contributed by atoms with E-state index in [-0.39, 0.29) is 0 Å². The van der Waals surface area contributed by atoms with Gasteiger partial charge in [-0.15, -0.1) is 5.10 Å². The predicted molar refractivity (Wildman–Crippen MR) is 112 cm³/mol. The maximum absolute atomic E-state index is 6.04. The Hall–Kier alpha value is -2.92. The molecule has 0 saturated carbocycles. The number of aryl methyl sites for hydroxylation is 2. The van der Waals surface area contributed by atoms with Gasteiger partial charge in [0.05, 0.1) is 5.69 Å². The normalized spacial score (nSPS) is 13.5. The fourth-order valence-corrected chi connectivity index (χ4v) is 3.79. The molecule has 0 amide bonds. The van der Waals surface area contributed by atoms with Crippen LogP contribution in [0.5, 0.6) is 0 Å². The van der Waals surface area contributed by atoms with Gasteiger partial charge in [0.25, 0.3) is 5.78 Å². The molecule has 2 aromatic heterocycles. The van der Waals surface area contributed by atoms with Crippen LogP contribution in [-0.4, -0.2) is 19.6 Å². The Labute approximate surface area is 168 Å². The summed E-state index contributed by atoms with van der Waals surface area (Å²) in [6.07, 6.45) is 4.30. The number of nitrogens with one attached hydrogen (secondary N) is 1. The van der Waals surface area contributed by atoms with E-state index >= 15 is 0 Å². The van der Waals surface area contributed by atoms with Gasteiger partial charge in [-0.3, -0.25) is 0 Å². The zero-order chi connectivity index (χ0) is 19.1. The highest BCUT2D eigenvalue weighted by Gasteiger charge is 2.21. The summed E-state index contributed by atoms with van der Waals surface area (Å²) in [5.41, 5.74) is 5.53. The van der Waals surface area contributed by atoms with Crippen LogP contribution in [0.15, 0.2) is 48.5 Å². The highest BCUT2D eigenvalue weighted by atomic mass is 35.5. The monoisotopic (exact) mass is 389 g/mol. The molecule has 1 aliphatic carbocycles. The summed E-state index contributed by atoms with van der Waals surface area (Å²) in [5, 5.41) is 9.04. The Morgan fingerprint density at radius 2 is 1.68 bits per heavy atom. The lowest BCUT2D eigenvalue weighted by atomic mass is 9.96. The first-order chi connectivity index (χ1) is 13.7. The Morgan fingerprint density at radius 3 is 2.46 bits per heavy atom. The van der Waals surface area contributed by atoms with Gasteiger partial charge in [-0.1, -0.05) is 41.4 Å². The van der Waals surface area contributed by atoms with Crippen LogP contribution in [-0.2, 0) is 12.8 Å². The van der Waals surface area contributed by atoms with E-state index in [1.807, 2.05) is 28.8 Å². The maximum Gasteiger partial charge on any atom is 0.254 e. The van der Waals surface area contributed by atoms with Crippen molar-refractivity contribution in [2.24, 2.45) is 0 Å².